The molecule has 0 atom stereocenters. The first-order valence-corrected chi connectivity index (χ1v) is 10.6. The molecular weight excluding hydrogens is 449 g/mol. The third kappa shape index (κ3) is 3.89. The number of anilines is 2. The van der Waals surface area contributed by atoms with Gasteiger partial charge in [-0.2, -0.15) is 5.10 Å². The number of fused-ring (bicyclic) bond motifs is 2. The van der Waals surface area contributed by atoms with E-state index in [0.29, 0.717) is 42.3 Å². The van der Waals surface area contributed by atoms with Gasteiger partial charge in [0, 0.05) is 24.0 Å². The molecule has 9 nitrogen and oxygen atoms in total. The van der Waals surface area contributed by atoms with Gasteiger partial charge < -0.3 is 21.3 Å². The van der Waals surface area contributed by atoms with E-state index in [1.807, 2.05) is 12.1 Å². The lowest BCUT2D eigenvalue weighted by Gasteiger charge is -2.28. The van der Waals surface area contributed by atoms with Crippen molar-refractivity contribution in [1.82, 2.24) is 14.7 Å². The van der Waals surface area contributed by atoms with E-state index in [2.05, 4.69) is 20.7 Å². The van der Waals surface area contributed by atoms with Gasteiger partial charge in [-0.05, 0) is 36.4 Å². The minimum Gasteiger partial charge on any atom is -0.378 e. The zero-order valence-electron chi connectivity index (χ0n) is 17.3. The first-order chi connectivity index (χ1) is 15.9. The highest BCUT2D eigenvalue weighted by Crippen LogP contribution is 2.32. The fourth-order valence-electron chi connectivity index (χ4n) is 3.97. The van der Waals surface area contributed by atoms with Crippen molar-refractivity contribution in [2.75, 3.05) is 23.7 Å². The molecule has 4 N–H and O–H groups in total. The average Bonchev–Trinajstić information content (AvgIpc) is 3.20. The van der Waals surface area contributed by atoms with Crippen LogP contribution in [0.1, 0.15) is 16.1 Å². The molecule has 0 radical (unpaired) electrons. The molecule has 11 heteroatoms. The molecule has 0 saturated carbocycles. The predicted molar refractivity (Wildman–Crippen MR) is 124 cm³/mol. The first kappa shape index (κ1) is 21.0. The zero-order valence-corrected chi connectivity index (χ0v) is 18.1. The van der Waals surface area contributed by atoms with Gasteiger partial charge in [0.25, 0.3) is 5.91 Å². The maximum absolute atomic E-state index is 13.6. The minimum absolute atomic E-state index is 0.0832. The lowest BCUT2D eigenvalue weighted by Crippen LogP contribution is -2.41. The van der Waals surface area contributed by atoms with E-state index < -0.39 is 11.7 Å². The van der Waals surface area contributed by atoms with Crippen LogP contribution in [0.25, 0.3) is 11.3 Å². The van der Waals surface area contributed by atoms with Crippen molar-refractivity contribution < 1.29 is 14.0 Å². The monoisotopic (exact) mass is 467 g/mol. The van der Waals surface area contributed by atoms with Crippen molar-refractivity contribution in [2.24, 2.45) is 10.7 Å². The van der Waals surface area contributed by atoms with Gasteiger partial charge in [0.1, 0.15) is 11.5 Å². The van der Waals surface area contributed by atoms with Crippen LogP contribution in [0.2, 0.25) is 5.02 Å². The van der Waals surface area contributed by atoms with Crippen molar-refractivity contribution in [3.8, 4) is 11.3 Å². The van der Waals surface area contributed by atoms with Gasteiger partial charge in [-0.25, -0.2) is 9.18 Å². The standard InChI is InChI=1S/C22H19ClFN7O2/c23-14-9-12(1-3-15(14)24)20-19(21(25)32)18-11-30(7-8-31(18)29-20)22(33)28-13-2-4-16-17(10-13)27-6-5-26-16/h1-5,9-10,27H,6-8,11H2,(H2,25,32)(H,28,33). The fraction of sp³-hybridized carbons (Fsp3) is 0.182. The molecule has 0 fully saturated rings. The first-order valence-electron chi connectivity index (χ1n) is 10.2. The maximum Gasteiger partial charge on any atom is 0.322 e. The van der Waals surface area contributed by atoms with Crippen LogP contribution in [-0.2, 0) is 13.1 Å². The number of carbonyl (C=O) groups is 2. The number of halogens is 2. The third-order valence-electron chi connectivity index (χ3n) is 5.57. The normalized spacial score (nSPS) is 14.3. The topological polar surface area (TPSA) is 118 Å². The Labute approximate surface area is 193 Å². The van der Waals surface area contributed by atoms with Crippen molar-refractivity contribution in [1.29, 1.82) is 0 Å². The van der Waals surface area contributed by atoms with E-state index in [1.54, 1.807) is 21.9 Å². The molecule has 2 aliphatic rings. The van der Waals surface area contributed by atoms with Crippen LogP contribution in [0.3, 0.4) is 0 Å². The van der Waals surface area contributed by atoms with Gasteiger partial charge >= 0.3 is 6.03 Å². The molecule has 5 rings (SSSR count). The Hall–Kier alpha value is -3.92. The summed E-state index contributed by atoms with van der Waals surface area (Å²) in [5, 5.41) is 10.5. The molecule has 0 spiro atoms. The molecule has 0 saturated heterocycles. The number of aromatic nitrogens is 2. The van der Waals surface area contributed by atoms with Crippen LogP contribution >= 0.6 is 11.6 Å². The summed E-state index contributed by atoms with van der Waals surface area (Å²) in [7, 11) is 0. The second-order valence-corrected chi connectivity index (χ2v) is 8.07. The number of hydrogen-bond acceptors (Lipinski definition) is 5. The highest BCUT2D eigenvalue weighted by atomic mass is 35.5. The summed E-state index contributed by atoms with van der Waals surface area (Å²) < 4.78 is 15.3. The van der Waals surface area contributed by atoms with Crippen LogP contribution in [0.4, 0.5) is 26.2 Å². The molecule has 3 heterocycles. The van der Waals surface area contributed by atoms with Crippen molar-refractivity contribution in [2.45, 2.75) is 13.1 Å². The molecule has 3 aromatic rings. The third-order valence-corrected chi connectivity index (χ3v) is 5.86. The molecule has 0 bridgehead atoms. The maximum atomic E-state index is 13.6. The van der Waals surface area contributed by atoms with E-state index in [4.69, 9.17) is 17.3 Å². The van der Waals surface area contributed by atoms with Gasteiger partial charge in [0.2, 0.25) is 0 Å². The zero-order chi connectivity index (χ0) is 23.1. The van der Waals surface area contributed by atoms with Gasteiger partial charge in [0.05, 0.1) is 47.3 Å². The Morgan fingerprint density at radius 3 is 2.82 bits per heavy atom. The molecule has 0 unspecified atom stereocenters. The summed E-state index contributed by atoms with van der Waals surface area (Å²) in [6.45, 7) is 1.52. The van der Waals surface area contributed by atoms with Crippen LogP contribution in [0.15, 0.2) is 41.4 Å². The summed E-state index contributed by atoms with van der Waals surface area (Å²) in [4.78, 5) is 31.1. The molecule has 2 aliphatic heterocycles. The lowest BCUT2D eigenvalue weighted by atomic mass is 10.0. The van der Waals surface area contributed by atoms with E-state index in [-0.39, 0.29) is 23.2 Å². The number of nitrogens with two attached hydrogens (primary N) is 1. The number of urea groups is 1. The second-order valence-electron chi connectivity index (χ2n) is 7.66. The van der Waals surface area contributed by atoms with Gasteiger partial charge in [-0.1, -0.05) is 11.6 Å². The largest absolute Gasteiger partial charge is 0.378 e. The number of benzene rings is 2. The van der Waals surface area contributed by atoms with E-state index in [1.165, 1.54) is 18.2 Å². The summed E-state index contributed by atoms with van der Waals surface area (Å²) >= 11 is 5.91. The molecule has 33 heavy (non-hydrogen) atoms. The van der Waals surface area contributed by atoms with Crippen molar-refractivity contribution >= 4 is 46.8 Å². The average molecular weight is 468 g/mol. The summed E-state index contributed by atoms with van der Waals surface area (Å²) in [6, 6.07) is 9.20. The van der Waals surface area contributed by atoms with Crippen LogP contribution < -0.4 is 16.4 Å². The van der Waals surface area contributed by atoms with E-state index in [9.17, 15) is 14.0 Å². The number of aliphatic imine (C=N–C) groups is 1. The molecule has 2 aromatic carbocycles. The quantitative estimate of drug-likeness (QED) is 0.545. The number of carbonyl (C=O) groups excluding carboxylic acids is 2. The summed E-state index contributed by atoms with van der Waals surface area (Å²) in [5.74, 6) is -1.26. The Kier molecular flexibility index (Phi) is 5.21. The number of nitrogens with one attached hydrogen (secondary N) is 2. The molecule has 3 amide bonds. The Balaban J connectivity index is 1.40. The van der Waals surface area contributed by atoms with Crippen molar-refractivity contribution in [3.63, 3.8) is 0 Å². The van der Waals surface area contributed by atoms with Gasteiger partial charge in [0.15, 0.2) is 0 Å². The molecule has 0 aliphatic carbocycles. The molecule has 168 valence electrons. The van der Waals surface area contributed by atoms with Gasteiger partial charge in [-0.15, -0.1) is 0 Å². The van der Waals surface area contributed by atoms with E-state index in [0.717, 1.165) is 11.4 Å². The number of amides is 3. The van der Waals surface area contributed by atoms with E-state index >= 15 is 0 Å². The summed E-state index contributed by atoms with van der Waals surface area (Å²) in [5.41, 5.74) is 9.41. The highest BCUT2D eigenvalue weighted by Gasteiger charge is 2.30. The van der Waals surface area contributed by atoms with Crippen LogP contribution in [0, 0.1) is 5.82 Å². The molecule has 1 aromatic heterocycles. The lowest BCUT2D eigenvalue weighted by molar-refractivity contribution is 0.0997. The SMILES string of the molecule is NC(=O)c1c(-c2ccc(F)c(Cl)c2)nn2c1CN(C(=O)Nc1ccc3c(c1)NCC=N3)CC2. The minimum atomic E-state index is -0.685. The summed E-state index contributed by atoms with van der Waals surface area (Å²) in [6.07, 6.45) is 1.78. The number of nitrogens with zero attached hydrogens (tertiary/aromatic N) is 4. The fourth-order valence-corrected chi connectivity index (χ4v) is 4.15. The Morgan fingerprint density at radius 1 is 1.18 bits per heavy atom. The van der Waals surface area contributed by atoms with Crippen LogP contribution in [0.5, 0.6) is 0 Å². The number of hydrogen-bond donors (Lipinski definition) is 3. The smallest absolute Gasteiger partial charge is 0.322 e. The Morgan fingerprint density at radius 2 is 2.03 bits per heavy atom. The van der Waals surface area contributed by atoms with Gasteiger partial charge in [-0.3, -0.25) is 14.5 Å². The number of rotatable bonds is 3. The predicted octanol–water partition coefficient (Wildman–Crippen LogP) is 3.62. The second kappa shape index (κ2) is 8.21. The molecular formula is C22H19ClFN7O2. The van der Waals surface area contributed by atoms with Crippen molar-refractivity contribution in [3.05, 3.63) is 58.5 Å². The number of primary amides is 1. The Bertz CT molecular complexity index is 1320. The van der Waals surface area contributed by atoms with Crippen LogP contribution in [-0.4, -0.2) is 45.9 Å². The highest BCUT2D eigenvalue weighted by molar-refractivity contribution is 6.31.